The quantitative estimate of drug-likeness (QED) is 0.0710. The minimum atomic E-state index is -0.167. The molecule has 0 saturated heterocycles. The average molecular weight is 1150 g/mol. The molecule has 12 heteroatoms. The molecule has 4 fully saturated rings. The number of fused-ring (bicyclic) bond motifs is 8. The summed E-state index contributed by atoms with van der Waals surface area (Å²) in [5, 5.41) is 13.6. The van der Waals surface area contributed by atoms with Gasteiger partial charge in [0.15, 0.2) is 0 Å². The second-order valence-corrected chi connectivity index (χ2v) is 28.7. The van der Waals surface area contributed by atoms with E-state index in [4.69, 9.17) is 9.97 Å². The van der Waals surface area contributed by atoms with Gasteiger partial charge in [-0.25, -0.2) is 4.98 Å². The Bertz CT molecular complexity index is 4180. The molecule has 5 heterocycles. The maximum Gasteiger partial charge on any atom is 0.228 e. The minimum absolute atomic E-state index is 0.0541. The lowest BCUT2D eigenvalue weighted by atomic mass is 9.92. The molecule has 2 aliphatic heterocycles. The zero-order valence-corrected chi connectivity index (χ0v) is 52.3. The molecule has 440 valence electrons. The summed E-state index contributed by atoms with van der Waals surface area (Å²) in [6.45, 7) is 29.9. The van der Waals surface area contributed by atoms with E-state index in [0.29, 0.717) is 63.7 Å². The van der Waals surface area contributed by atoms with Crippen LogP contribution in [-0.4, -0.2) is 43.6 Å². The number of hydrogen-bond acceptors (Lipinski definition) is 6. The Morgan fingerprint density at radius 3 is 0.965 bits per heavy atom. The first-order valence-electron chi connectivity index (χ1n) is 30.8. The van der Waals surface area contributed by atoms with Crippen LogP contribution in [-0.2, 0) is 32.0 Å². The molecule has 86 heavy (non-hydrogen) atoms. The van der Waals surface area contributed by atoms with Gasteiger partial charge in [0.05, 0.1) is 45.5 Å². The predicted octanol–water partition coefficient (Wildman–Crippen LogP) is 16.7. The van der Waals surface area contributed by atoms with Crippen LogP contribution < -0.4 is 21.3 Å². The van der Waals surface area contributed by atoms with E-state index in [9.17, 15) is 19.2 Å². The van der Waals surface area contributed by atoms with Crippen molar-refractivity contribution < 1.29 is 19.2 Å². The monoisotopic (exact) mass is 1140 g/mol. The number of H-pyrrole nitrogens is 2. The second kappa shape index (κ2) is 20.1. The molecule has 4 aliphatic carbocycles. The highest BCUT2D eigenvalue weighted by Crippen LogP contribution is 2.56. The molecule has 4 aromatic carbocycles. The number of hydrogen-bond donors (Lipinski definition) is 6. The summed E-state index contributed by atoms with van der Waals surface area (Å²) in [4.78, 5) is 77.2. The number of rotatable bonds is 12. The summed E-state index contributed by atoms with van der Waals surface area (Å²) in [6, 6.07) is 28.9. The average Bonchev–Trinajstić information content (AvgIpc) is 1.61. The lowest BCUT2D eigenvalue weighted by Gasteiger charge is -2.19. The van der Waals surface area contributed by atoms with E-state index in [1.165, 1.54) is 0 Å². The number of carbonyl (C=O) groups is 4. The molecule has 6 aliphatic rings. The van der Waals surface area contributed by atoms with Gasteiger partial charge in [0, 0.05) is 79.1 Å². The molecule has 12 nitrogen and oxygen atoms in total. The molecule has 0 unspecified atom stereocenters. The number of nitrogens with one attached hydrogen (secondary N) is 6. The van der Waals surface area contributed by atoms with Crippen LogP contribution in [0, 0.1) is 86.9 Å². The van der Waals surface area contributed by atoms with E-state index in [-0.39, 0.29) is 69.0 Å². The fourth-order valence-electron chi connectivity index (χ4n) is 14.3. The van der Waals surface area contributed by atoms with Crippen LogP contribution in [0.25, 0.3) is 78.7 Å². The van der Waals surface area contributed by atoms with Gasteiger partial charge < -0.3 is 31.2 Å². The van der Waals surface area contributed by atoms with Crippen molar-refractivity contribution in [1.82, 2.24) is 19.9 Å². The van der Waals surface area contributed by atoms with E-state index in [2.05, 4.69) is 189 Å². The number of carbonyl (C=O) groups excluding carboxylic acids is 4. The Hall–Kier alpha value is -8.38. The van der Waals surface area contributed by atoms with Crippen molar-refractivity contribution in [2.45, 2.75) is 135 Å². The van der Waals surface area contributed by atoms with E-state index >= 15 is 0 Å². The standard InChI is InChI=1S/C74H80N8O4/c1-37-29-39(3)59(40(4)30-37)61-51-21-25-55(75-51)65(63-47(79-67(83)43-33-71(43,7)8)17-15-18-48(63)80-68(84)44-34-72(44,9)10)57-27-23-53(77-57)62(60-41(5)31-38(2)32-42(60)6)54-24-28-58(78-54)66(56-26-22-52(61)76-56)64-49(81-69(85)45-35-73(45,11)12)19-16-20-50(64)82-70(86)46-36-74(46,13)14/h15-23,25-27,29-32,43-46,76-77H,24,28,33-36H2,1-14H3,(H,79,83)(H,80,84)(H,81,85)(H,82,86)/t43-,44+,45-,46+. The smallest absolute Gasteiger partial charge is 0.228 e. The predicted molar refractivity (Wildman–Crippen MR) is 350 cm³/mol. The number of aromatic amines is 2. The highest BCUT2D eigenvalue weighted by molar-refractivity contribution is 6.11. The first kappa shape index (κ1) is 56.7. The third-order valence-corrected chi connectivity index (χ3v) is 19.9. The molecule has 7 aromatic rings. The normalized spacial score (nSPS) is 20.4. The van der Waals surface area contributed by atoms with Gasteiger partial charge in [-0.15, -0.1) is 0 Å². The molecule has 8 bridgehead atoms. The summed E-state index contributed by atoms with van der Waals surface area (Å²) in [6.07, 6.45) is 8.37. The van der Waals surface area contributed by atoms with Crippen LogP contribution in [0.2, 0.25) is 0 Å². The van der Waals surface area contributed by atoms with Gasteiger partial charge in [-0.2, -0.15) is 0 Å². The molecule has 4 saturated carbocycles. The molecule has 6 N–H and O–H groups in total. The summed E-state index contributed by atoms with van der Waals surface area (Å²) in [5.74, 6) is -0.888. The Balaban J connectivity index is 1.16. The van der Waals surface area contributed by atoms with E-state index in [1.807, 2.05) is 36.4 Å². The molecule has 0 spiro atoms. The molecule has 0 radical (unpaired) electrons. The fourth-order valence-corrected chi connectivity index (χ4v) is 14.3. The van der Waals surface area contributed by atoms with Crippen molar-refractivity contribution in [3.63, 3.8) is 0 Å². The highest BCUT2D eigenvalue weighted by atomic mass is 16.2. The van der Waals surface area contributed by atoms with Gasteiger partial charge in [-0.1, -0.05) is 103 Å². The van der Waals surface area contributed by atoms with Crippen molar-refractivity contribution in [2.75, 3.05) is 21.3 Å². The summed E-state index contributed by atoms with van der Waals surface area (Å²) >= 11 is 0. The molecule has 13 rings (SSSR count). The van der Waals surface area contributed by atoms with E-state index < -0.39 is 0 Å². The first-order chi connectivity index (χ1) is 40.7. The van der Waals surface area contributed by atoms with Crippen LogP contribution in [0.3, 0.4) is 0 Å². The Morgan fingerprint density at radius 1 is 0.384 bits per heavy atom. The van der Waals surface area contributed by atoms with Gasteiger partial charge in [0.25, 0.3) is 0 Å². The first-order valence-corrected chi connectivity index (χ1v) is 30.8. The molecule has 4 atom stereocenters. The van der Waals surface area contributed by atoms with E-state index in [1.54, 1.807) is 0 Å². The van der Waals surface area contributed by atoms with Crippen LogP contribution >= 0.6 is 0 Å². The highest BCUT2D eigenvalue weighted by Gasteiger charge is 2.53. The van der Waals surface area contributed by atoms with Gasteiger partial charge in [0.2, 0.25) is 23.6 Å². The number of aromatic nitrogens is 4. The molecular weight excluding hydrogens is 1060 g/mol. The zero-order chi connectivity index (χ0) is 60.8. The zero-order valence-electron chi connectivity index (χ0n) is 52.3. The summed E-state index contributed by atoms with van der Waals surface area (Å²) in [7, 11) is 0. The van der Waals surface area contributed by atoms with Crippen molar-refractivity contribution in [3.8, 4) is 44.5 Å². The summed E-state index contributed by atoms with van der Waals surface area (Å²) < 4.78 is 0. The van der Waals surface area contributed by atoms with Crippen molar-refractivity contribution >= 4 is 80.6 Å². The number of nitrogens with zero attached hydrogens (tertiary/aromatic N) is 2. The number of aryl methyl sites for hydroxylation is 8. The lowest BCUT2D eigenvalue weighted by Crippen LogP contribution is -2.19. The van der Waals surface area contributed by atoms with Crippen molar-refractivity contribution in [3.05, 3.63) is 141 Å². The van der Waals surface area contributed by atoms with Gasteiger partial charge in [-0.05, 0) is 196 Å². The van der Waals surface area contributed by atoms with Crippen LogP contribution in [0.15, 0.2) is 84.9 Å². The maximum absolute atomic E-state index is 14.4. The minimum Gasteiger partial charge on any atom is -0.354 e. The molecule has 4 amide bonds. The third kappa shape index (κ3) is 10.2. The van der Waals surface area contributed by atoms with Gasteiger partial charge in [-0.3, -0.25) is 24.2 Å². The Kier molecular flexibility index (Phi) is 13.3. The number of amides is 4. The number of anilines is 4. The van der Waals surface area contributed by atoms with Crippen LogP contribution in [0.4, 0.5) is 22.7 Å². The maximum atomic E-state index is 14.4. The Morgan fingerprint density at radius 2 is 0.651 bits per heavy atom. The van der Waals surface area contributed by atoms with Gasteiger partial charge >= 0.3 is 0 Å². The Labute approximate surface area is 504 Å². The van der Waals surface area contributed by atoms with Crippen molar-refractivity contribution in [2.24, 2.45) is 45.3 Å². The third-order valence-electron chi connectivity index (χ3n) is 19.9. The van der Waals surface area contributed by atoms with Crippen LogP contribution in [0.1, 0.15) is 137 Å². The molecular formula is C74H80N8O4. The largest absolute Gasteiger partial charge is 0.354 e. The number of benzene rings is 4. The topological polar surface area (TPSA) is 174 Å². The molecule has 3 aromatic heterocycles. The van der Waals surface area contributed by atoms with E-state index in [0.717, 1.165) is 120 Å². The SMILES string of the molecule is Cc1cc(C)c(-c2c3nc(c(-c4c(NC(=O)[C@H]5CC5(C)C)cccc4NC(=O)[C@@H]4CC4(C)C)c4ccc([nH]4)c(-c4c(C)cc(C)cc4C)c4nc(c(-c5c(NC(=O)[C@H]6CC6(C)C)cccc5NC(=O)[C@@H]5CC5(C)C)c5ccc2[nH]5)CC4)C=C3)c(C)c1. The van der Waals surface area contributed by atoms with Gasteiger partial charge in [0.1, 0.15) is 0 Å². The van der Waals surface area contributed by atoms with Crippen molar-refractivity contribution in [1.29, 1.82) is 0 Å². The van der Waals surface area contributed by atoms with Crippen LogP contribution in [0.5, 0.6) is 0 Å². The summed E-state index contributed by atoms with van der Waals surface area (Å²) in [5.41, 5.74) is 21.3. The fraction of sp³-hybridized carbons (Fsp3) is 0.378. The lowest BCUT2D eigenvalue weighted by molar-refractivity contribution is -0.118. The second-order valence-electron chi connectivity index (χ2n) is 28.7.